The lowest BCUT2D eigenvalue weighted by atomic mass is 10.0. The van der Waals surface area contributed by atoms with E-state index in [1.165, 1.54) is 89.5 Å². The Balaban J connectivity index is 2.00. The first kappa shape index (κ1) is 26.8. The third-order valence-electron chi connectivity index (χ3n) is 5.74. The summed E-state index contributed by atoms with van der Waals surface area (Å²) in [4.78, 5) is -0.657. The molecule has 0 saturated carbocycles. The maximum absolute atomic E-state index is 11.1. The van der Waals surface area contributed by atoms with Crippen molar-refractivity contribution < 1.29 is 23.2 Å². The number of phenols is 2. The van der Waals surface area contributed by atoms with Crippen LogP contribution in [-0.2, 0) is 16.5 Å². The van der Waals surface area contributed by atoms with E-state index >= 15 is 0 Å². The zero-order valence-electron chi connectivity index (χ0n) is 18.7. The predicted octanol–water partition coefficient (Wildman–Crippen LogP) is 7.15. The number of aryl methyl sites for hydroxylation is 1. The molecular formula is C24H42O5S. The van der Waals surface area contributed by atoms with Crippen molar-refractivity contribution in [1.82, 2.24) is 0 Å². The Labute approximate surface area is 183 Å². The Bertz CT molecular complexity index is 685. The monoisotopic (exact) mass is 442 g/mol. The average molecular weight is 443 g/mol. The van der Waals surface area contributed by atoms with Gasteiger partial charge >= 0.3 is 0 Å². The summed E-state index contributed by atoms with van der Waals surface area (Å²) in [7, 11) is -4.53. The molecule has 0 radical (unpaired) electrons. The van der Waals surface area contributed by atoms with Gasteiger partial charge in [0.15, 0.2) is 0 Å². The molecule has 0 aromatic heterocycles. The van der Waals surface area contributed by atoms with Crippen LogP contribution in [-0.4, -0.2) is 23.2 Å². The fraction of sp³-hybridized carbons (Fsp3) is 0.750. The lowest BCUT2D eigenvalue weighted by Crippen LogP contribution is -1.99. The average Bonchev–Trinajstić information content (AvgIpc) is 2.69. The summed E-state index contributed by atoms with van der Waals surface area (Å²) in [5.74, 6) is -0.733. The van der Waals surface area contributed by atoms with E-state index < -0.39 is 20.8 Å². The Hall–Kier alpha value is -1.27. The first-order valence-corrected chi connectivity index (χ1v) is 13.3. The highest BCUT2D eigenvalue weighted by atomic mass is 32.2. The Morgan fingerprint density at radius 1 is 0.633 bits per heavy atom. The van der Waals surface area contributed by atoms with Crippen molar-refractivity contribution in [3.63, 3.8) is 0 Å². The normalized spacial score (nSPS) is 11.8. The highest BCUT2D eigenvalue weighted by molar-refractivity contribution is 7.86. The van der Waals surface area contributed by atoms with Gasteiger partial charge in [0, 0.05) is 6.07 Å². The van der Waals surface area contributed by atoms with Gasteiger partial charge in [-0.2, -0.15) is 8.42 Å². The summed E-state index contributed by atoms with van der Waals surface area (Å²) < 4.78 is 31.2. The molecule has 1 rings (SSSR count). The van der Waals surface area contributed by atoms with E-state index in [2.05, 4.69) is 6.92 Å². The molecule has 0 unspecified atom stereocenters. The molecule has 0 fully saturated rings. The molecule has 6 heteroatoms. The van der Waals surface area contributed by atoms with Crippen LogP contribution in [0.4, 0.5) is 0 Å². The molecule has 5 nitrogen and oxygen atoms in total. The van der Waals surface area contributed by atoms with E-state index in [4.69, 9.17) is 4.55 Å². The molecule has 30 heavy (non-hydrogen) atoms. The van der Waals surface area contributed by atoms with Crippen LogP contribution in [0.1, 0.15) is 115 Å². The smallest absolute Gasteiger partial charge is 0.298 e. The summed E-state index contributed by atoms with van der Waals surface area (Å²) in [6.07, 6.45) is 21.2. The third kappa shape index (κ3) is 11.8. The fourth-order valence-electron chi connectivity index (χ4n) is 3.87. The summed E-state index contributed by atoms with van der Waals surface area (Å²) >= 11 is 0. The second-order valence-electron chi connectivity index (χ2n) is 8.48. The SMILES string of the molecule is CCCCCCCCCCCCCCCCCCc1cc(O)c(S(=O)(=O)O)cc1O. The molecule has 0 saturated heterocycles. The third-order valence-corrected chi connectivity index (χ3v) is 6.62. The molecule has 0 spiro atoms. The fourth-order valence-corrected chi connectivity index (χ4v) is 4.46. The quantitative estimate of drug-likeness (QED) is 0.127. The molecule has 3 N–H and O–H groups in total. The molecular weight excluding hydrogens is 400 g/mol. The number of rotatable bonds is 18. The first-order chi connectivity index (χ1) is 14.4. The zero-order chi connectivity index (χ0) is 22.2. The summed E-state index contributed by atoms with van der Waals surface area (Å²) in [5, 5.41) is 19.7. The van der Waals surface area contributed by atoms with Gasteiger partial charge in [0.2, 0.25) is 0 Å². The Kier molecular flexibility index (Phi) is 13.8. The standard InChI is InChI=1S/C24H42O5S/c1-2-3-4-5-6-7-8-9-10-11-12-13-14-15-16-17-18-21-19-23(26)24(20-22(21)25)30(27,28)29/h19-20,25-26H,2-18H2,1H3,(H,27,28,29). The maximum Gasteiger partial charge on any atom is 0.298 e. The van der Waals surface area contributed by atoms with Crippen molar-refractivity contribution in [3.05, 3.63) is 17.7 Å². The van der Waals surface area contributed by atoms with Gasteiger partial charge in [-0.1, -0.05) is 103 Å². The number of hydrogen-bond acceptors (Lipinski definition) is 4. The summed E-state index contributed by atoms with van der Waals surface area (Å²) in [5.41, 5.74) is 0.505. The minimum absolute atomic E-state index is 0.207. The van der Waals surface area contributed by atoms with E-state index in [0.717, 1.165) is 25.3 Å². The number of unbranched alkanes of at least 4 members (excludes halogenated alkanes) is 15. The molecule has 0 bridgehead atoms. The second-order valence-corrected chi connectivity index (χ2v) is 9.87. The summed E-state index contributed by atoms with van der Waals surface area (Å²) in [6, 6.07) is 2.14. The minimum atomic E-state index is -4.53. The van der Waals surface area contributed by atoms with Crippen LogP contribution in [0.3, 0.4) is 0 Å². The van der Waals surface area contributed by atoms with Gasteiger partial charge in [0.25, 0.3) is 10.1 Å². The van der Waals surface area contributed by atoms with Crippen LogP contribution in [0.15, 0.2) is 17.0 Å². The Morgan fingerprint density at radius 3 is 1.43 bits per heavy atom. The molecule has 1 aromatic carbocycles. The van der Waals surface area contributed by atoms with Gasteiger partial charge in [0.05, 0.1) is 0 Å². The van der Waals surface area contributed by atoms with Crippen LogP contribution in [0.2, 0.25) is 0 Å². The minimum Gasteiger partial charge on any atom is -0.508 e. The molecule has 0 aliphatic heterocycles. The van der Waals surface area contributed by atoms with Crippen LogP contribution in [0.5, 0.6) is 11.5 Å². The number of phenolic OH excluding ortho intramolecular Hbond substituents is 2. The molecule has 0 aliphatic rings. The van der Waals surface area contributed by atoms with E-state index in [1.807, 2.05) is 0 Å². The first-order valence-electron chi connectivity index (χ1n) is 11.9. The van der Waals surface area contributed by atoms with Crippen molar-refractivity contribution in [2.24, 2.45) is 0 Å². The molecule has 0 aliphatic carbocycles. The van der Waals surface area contributed by atoms with E-state index in [-0.39, 0.29) is 5.75 Å². The van der Waals surface area contributed by atoms with Gasteiger partial charge in [0.1, 0.15) is 16.4 Å². The molecule has 0 heterocycles. The van der Waals surface area contributed by atoms with Crippen molar-refractivity contribution in [3.8, 4) is 11.5 Å². The number of benzene rings is 1. The molecule has 0 amide bonds. The van der Waals surface area contributed by atoms with E-state index in [1.54, 1.807) is 0 Å². The van der Waals surface area contributed by atoms with Crippen molar-refractivity contribution in [2.75, 3.05) is 0 Å². The second kappa shape index (κ2) is 15.5. The maximum atomic E-state index is 11.1. The molecule has 174 valence electrons. The van der Waals surface area contributed by atoms with Gasteiger partial charge in [-0.25, -0.2) is 0 Å². The lowest BCUT2D eigenvalue weighted by Gasteiger charge is -2.08. The van der Waals surface area contributed by atoms with Crippen molar-refractivity contribution in [2.45, 2.75) is 121 Å². The highest BCUT2D eigenvalue weighted by Crippen LogP contribution is 2.31. The van der Waals surface area contributed by atoms with Gasteiger partial charge < -0.3 is 10.2 Å². The lowest BCUT2D eigenvalue weighted by molar-refractivity contribution is 0.429. The van der Waals surface area contributed by atoms with E-state index in [0.29, 0.717) is 12.0 Å². The van der Waals surface area contributed by atoms with Crippen LogP contribution >= 0.6 is 0 Å². The van der Waals surface area contributed by atoms with Gasteiger partial charge in [-0.15, -0.1) is 0 Å². The van der Waals surface area contributed by atoms with Gasteiger partial charge in [-0.05, 0) is 24.5 Å². The predicted molar refractivity (Wildman–Crippen MR) is 123 cm³/mol. The van der Waals surface area contributed by atoms with Crippen molar-refractivity contribution in [1.29, 1.82) is 0 Å². The molecule has 1 aromatic rings. The topological polar surface area (TPSA) is 94.8 Å². The van der Waals surface area contributed by atoms with Crippen LogP contribution in [0, 0.1) is 0 Å². The molecule has 0 atom stereocenters. The Morgan fingerprint density at radius 2 is 1.03 bits per heavy atom. The zero-order valence-corrected chi connectivity index (χ0v) is 19.6. The van der Waals surface area contributed by atoms with Crippen molar-refractivity contribution >= 4 is 10.1 Å². The number of hydrogen-bond donors (Lipinski definition) is 3. The largest absolute Gasteiger partial charge is 0.508 e. The van der Waals surface area contributed by atoms with Crippen LogP contribution < -0.4 is 0 Å². The summed E-state index contributed by atoms with van der Waals surface area (Å²) in [6.45, 7) is 2.26. The van der Waals surface area contributed by atoms with Crippen LogP contribution in [0.25, 0.3) is 0 Å². The van der Waals surface area contributed by atoms with Gasteiger partial charge in [-0.3, -0.25) is 4.55 Å². The number of aromatic hydroxyl groups is 2. The highest BCUT2D eigenvalue weighted by Gasteiger charge is 2.18. The van der Waals surface area contributed by atoms with E-state index in [9.17, 15) is 18.6 Å².